The first kappa shape index (κ1) is 7.52. The summed E-state index contributed by atoms with van der Waals surface area (Å²) in [6.07, 6.45) is 1.14. The van der Waals surface area contributed by atoms with E-state index in [1.54, 1.807) is 7.85 Å². The van der Waals surface area contributed by atoms with Crippen molar-refractivity contribution >= 4 is 24.8 Å². The van der Waals surface area contributed by atoms with Crippen molar-refractivity contribution < 1.29 is 4.92 Å². The highest BCUT2D eigenvalue weighted by molar-refractivity contribution is 6.35. The number of hydrogen-bond acceptors (Lipinski definition) is 4. The SMILES string of the molecule is Bc1cc([N+](=O)[O-])cnc1N. The van der Waals surface area contributed by atoms with Gasteiger partial charge in [0.2, 0.25) is 0 Å². The van der Waals surface area contributed by atoms with E-state index in [1.165, 1.54) is 6.07 Å². The van der Waals surface area contributed by atoms with E-state index in [-0.39, 0.29) is 5.69 Å². The molecular formula is C5H6BN3O2. The van der Waals surface area contributed by atoms with Gasteiger partial charge in [-0.15, -0.1) is 0 Å². The van der Waals surface area contributed by atoms with Crippen LogP contribution in [0.4, 0.5) is 11.5 Å². The summed E-state index contributed by atoms with van der Waals surface area (Å²) >= 11 is 0. The van der Waals surface area contributed by atoms with Gasteiger partial charge in [0.05, 0.1) is 4.92 Å². The lowest BCUT2D eigenvalue weighted by Crippen LogP contribution is -2.12. The van der Waals surface area contributed by atoms with Crippen LogP contribution >= 0.6 is 0 Å². The fourth-order valence-corrected chi connectivity index (χ4v) is 0.670. The lowest BCUT2D eigenvalue weighted by molar-refractivity contribution is -0.385. The molecule has 5 nitrogen and oxygen atoms in total. The summed E-state index contributed by atoms with van der Waals surface area (Å²) in [7, 11) is 1.68. The molecule has 0 aliphatic heterocycles. The number of hydrogen-bond donors (Lipinski definition) is 1. The van der Waals surface area contributed by atoms with Gasteiger partial charge < -0.3 is 5.73 Å². The van der Waals surface area contributed by atoms with Crippen molar-refractivity contribution in [3.8, 4) is 0 Å². The van der Waals surface area contributed by atoms with Crippen LogP contribution in [-0.2, 0) is 0 Å². The summed E-state index contributed by atoms with van der Waals surface area (Å²) in [5.74, 6) is 0.329. The third-order valence-electron chi connectivity index (χ3n) is 1.32. The average molecular weight is 151 g/mol. The summed E-state index contributed by atoms with van der Waals surface area (Å²) in [4.78, 5) is 13.3. The van der Waals surface area contributed by atoms with Crippen LogP contribution in [0, 0.1) is 10.1 Å². The normalized spacial score (nSPS) is 9.45. The van der Waals surface area contributed by atoms with Gasteiger partial charge in [0.25, 0.3) is 5.69 Å². The van der Waals surface area contributed by atoms with Gasteiger partial charge in [-0.1, -0.05) is 0 Å². The first-order valence-electron chi connectivity index (χ1n) is 2.98. The van der Waals surface area contributed by atoms with Crippen molar-refractivity contribution in [2.75, 3.05) is 5.73 Å². The van der Waals surface area contributed by atoms with Crippen molar-refractivity contribution in [1.82, 2.24) is 4.98 Å². The van der Waals surface area contributed by atoms with Crippen molar-refractivity contribution in [1.29, 1.82) is 0 Å². The standard InChI is InChI=1S/C5H6BN3O2/c6-4-1-3(9(10)11)2-8-5(4)7/h1-2H,6H2,(H2,7,8). The molecule has 0 saturated heterocycles. The van der Waals surface area contributed by atoms with Gasteiger partial charge in [-0.3, -0.25) is 10.1 Å². The highest BCUT2D eigenvalue weighted by Gasteiger charge is 2.06. The van der Waals surface area contributed by atoms with Crippen molar-refractivity contribution in [2.24, 2.45) is 0 Å². The van der Waals surface area contributed by atoms with Crippen molar-refractivity contribution in [3.05, 3.63) is 22.4 Å². The lowest BCUT2D eigenvalue weighted by atomic mass is 9.97. The van der Waals surface area contributed by atoms with Gasteiger partial charge >= 0.3 is 0 Å². The average Bonchev–Trinajstić information content (AvgIpc) is 1.94. The number of nitrogens with zero attached hydrogens (tertiary/aromatic N) is 2. The van der Waals surface area contributed by atoms with Crippen LogP contribution in [0.3, 0.4) is 0 Å². The third-order valence-corrected chi connectivity index (χ3v) is 1.32. The lowest BCUT2D eigenvalue weighted by Gasteiger charge is -1.96. The minimum Gasteiger partial charge on any atom is -0.384 e. The fourth-order valence-electron chi connectivity index (χ4n) is 0.670. The summed E-state index contributed by atoms with van der Waals surface area (Å²) in [5.41, 5.74) is 5.95. The van der Waals surface area contributed by atoms with E-state index >= 15 is 0 Å². The molecule has 0 aromatic carbocycles. The Labute approximate surface area is 63.8 Å². The Bertz CT molecular complexity index is 302. The van der Waals surface area contributed by atoms with E-state index in [1.807, 2.05) is 0 Å². The van der Waals surface area contributed by atoms with E-state index in [2.05, 4.69) is 4.98 Å². The number of rotatable bonds is 1. The number of nitrogen functional groups attached to an aromatic ring is 1. The van der Waals surface area contributed by atoms with Crippen molar-refractivity contribution in [3.63, 3.8) is 0 Å². The first-order chi connectivity index (χ1) is 5.11. The maximum Gasteiger partial charge on any atom is 0.287 e. The molecule has 1 rings (SSSR count). The highest BCUT2D eigenvalue weighted by Crippen LogP contribution is 2.06. The molecule has 11 heavy (non-hydrogen) atoms. The molecule has 0 aliphatic carbocycles. The molecule has 6 heteroatoms. The molecule has 0 bridgehead atoms. The maximum absolute atomic E-state index is 10.2. The second kappa shape index (κ2) is 2.57. The molecule has 1 aromatic rings. The van der Waals surface area contributed by atoms with E-state index in [4.69, 9.17) is 5.73 Å². The Hall–Kier alpha value is -1.59. The maximum atomic E-state index is 10.2. The molecule has 0 unspecified atom stereocenters. The predicted octanol–water partition coefficient (Wildman–Crippen LogP) is -1.17. The fraction of sp³-hybridized carbons (Fsp3) is 0. The molecule has 0 radical (unpaired) electrons. The quantitative estimate of drug-likeness (QED) is 0.311. The second-order valence-corrected chi connectivity index (χ2v) is 2.15. The zero-order valence-corrected chi connectivity index (χ0v) is 5.94. The Morgan fingerprint density at radius 3 is 2.82 bits per heavy atom. The van der Waals surface area contributed by atoms with Gasteiger partial charge in [-0.2, -0.15) is 0 Å². The highest BCUT2D eigenvalue weighted by atomic mass is 16.6. The molecule has 1 aromatic heterocycles. The van der Waals surface area contributed by atoms with Gasteiger partial charge in [-0.05, 0) is 5.46 Å². The molecule has 0 atom stereocenters. The molecule has 0 saturated carbocycles. The van der Waals surface area contributed by atoms with Crippen LogP contribution < -0.4 is 11.2 Å². The monoisotopic (exact) mass is 151 g/mol. The van der Waals surface area contributed by atoms with Crippen LogP contribution in [0.1, 0.15) is 0 Å². The van der Waals surface area contributed by atoms with E-state index in [0.717, 1.165) is 6.20 Å². The van der Waals surface area contributed by atoms with E-state index in [9.17, 15) is 10.1 Å². The topological polar surface area (TPSA) is 82.0 Å². The van der Waals surface area contributed by atoms with E-state index < -0.39 is 4.92 Å². The molecule has 0 spiro atoms. The van der Waals surface area contributed by atoms with Crippen molar-refractivity contribution in [2.45, 2.75) is 0 Å². The van der Waals surface area contributed by atoms with Gasteiger partial charge in [-0.25, -0.2) is 4.98 Å². The van der Waals surface area contributed by atoms with Gasteiger partial charge in [0.1, 0.15) is 19.9 Å². The minimum atomic E-state index is -0.501. The second-order valence-electron chi connectivity index (χ2n) is 2.15. The molecule has 0 amide bonds. The number of anilines is 1. The summed E-state index contributed by atoms with van der Waals surface area (Å²) in [6.45, 7) is 0. The Morgan fingerprint density at radius 1 is 1.73 bits per heavy atom. The Kier molecular flexibility index (Phi) is 1.76. The number of nitrogens with two attached hydrogens (primary N) is 1. The van der Waals surface area contributed by atoms with Crippen LogP contribution in [0.2, 0.25) is 0 Å². The van der Waals surface area contributed by atoms with Crippen LogP contribution in [0.15, 0.2) is 12.3 Å². The van der Waals surface area contributed by atoms with E-state index in [0.29, 0.717) is 11.3 Å². The Morgan fingerprint density at radius 2 is 2.36 bits per heavy atom. The van der Waals surface area contributed by atoms with Crippen LogP contribution in [-0.4, -0.2) is 17.8 Å². The molecular weight excluding hydrogens is 145 g/mol. The predicted molar refractivity (Wildman–Crippen MR) is 43.5 cm³/mol. The number of pyridine rings is 1. The molecule has 0 aliphatic rings. The summed E-state index contributed by atoms with van der Waals surface area (Å²) in [6, 6.07) is 1.39. The number of aromatic nitrogens is 1. The smallest absolute Gasteiger partial charge is 0.287 e. The molecule has 2 N–H and O–H groups in total. The molecule has 0 fully saturated rings. The zero-order valence-electron chi connectivity index (χ0n) is 5.94. The summed E-state index contributed by atoms with van der Waals surface area (Å²) < 4.78 is 0. The van der Waals surface area contributed by atoms with Crippen LogP contribution in [0.5, 0.6) is 0 Å². The first-order valence-corrected chi connectivity index (χ1v) is 2.98. The van der Waals surface area contributed by atoms with Gasteiger partial charge in [0, 0.05) is 6.07 Å². The zero-order chi connectivity index (χ0) is 8.43. The van der Waals surface area contributed by atoms with Crippen LogP contribution in [0.25, 0.3) is 0 Å². The third kappa shape index (κ3) is 1.46. The van der Waals surface area contributed by atoms with Gasteiger partial charge in [0.15, 0.2) is 0 Å². The Balaban J connectivity index is 3.15. The number of nitro groups is 1. The largest absolute Gasteiger partial charge is 0.384 e. The molecule has 1 heterocycles. The summed E-state index contributed by atoms with van der Waals surface area (Å²) in [5, 5.41) is 10.2. The molecule has 56 valence electrons. The minimum absolute atomic E-state index is 0.0308.